The molecule has 0 amide bonds. The lowest BCUT2D eigenvalue weighted by molar-refractivity contribution is 0.693. The van der Waals surface area contributed by atoms with Crippen molar-refractivity contribution in [2.24, 2.45) is 5.84 Å². The molecule has 3 N–H and O–H groups in total. The number of nitrogens with two attached hydrogens (primary N) is 1. The maximum Gasteiger partial charge on any atom is 0.0540 e. The summed E-state index contributed by atoms with van der Waals surface area (Å²) in [6.07, 6.45) is 0. The van der Waals surface area contributed by atoms with Gasteiger partial charge in [-0.05, 0) is 11.1 Å². The summed E-state index contributed by atoms with van der Waals surface area (Å²) in [6, 6.07) is 1.26. The van der Waals surface area contributed by atoms with Crippen LogP contribution in [0, 0.1) is 0 Å². The Balaban J connectivity index is 4.00. The molecule has 11 heavy (non-hydrogen) atoms. The fourth-order valence-electron chi connectivity index (χ4n) is 0.760. The van der Waals surface area contributed by atoms with Gasteiger partial charge in [0.25, 0.3) is 0 Å². The van der Waals surface area contributed by atoms with E-state index in [1.165, 1.54) is 6.04 Å². The van der Waals surface area contributed by atoms with Gasteiger partial charge in [0.1, 0.15) is 0 Å². The Hall–Kier alpha value is 0.137. The van der Waals surface area contributed by atoms with E-state index in [1.54, 1.807) is 0 Å². The Bertz CT molecular complexity index is 116. The second-order valence-electron chi connectivity index (χ2n) is 4.84. The molecule has 0 aliphatic heterocycles. The van der Waals surface area contributed by atoms with Gasteiger partial charge in [0.15, 0.2) is 0 Å². The quantitative estimate of drug-likeness (QED) is 0.390. The van der Waals surface area contributed by atoms with Crippen molar-refractivity contribution in [3.05, 3.63) is 0 Å². The highest BCUT2D eigenvalue weighted by Gasteiger charge is 2.33. The monoisotopic (exact) mass is 174 g/mol. The van der Waals surface area contributed by atoms with Gasteiger partial charge in [0, 0.05) is 6.54 Å². The van der Waals surface area contributed by atoms with Crippen molar-refractivity contribution in [3.63, 3.8) is 0 Å². The highest BCUT2D eigenvalue weighted by Crippen LogP contribution is 2.38. The maximum atomic E-state index is 5.25. The average molecular weight is 174 g/mol. The third-order valence-corrected chi connectivity index (χ3v) is 8.49. The summed E-state index contributed by atoms with van der Waals surface area (Å²) in [4.78, 5) is 0. The molecule has 0 saturated heterocycles. The largest absolute Gasteiger partial charge is 0.271 e. The predicted octanol–water partition coefficient (Wildman–Crippen LogP) is 1.96. The molecule has 0 atom stereocenters. The molecule has 3 heteroatoms. The minimum Gasteiger partial charge on any atom is -0.271 e. The first kappa shape index (κ1) is 11.1. The van der Waals surface area contributed by atoms with Gasteiger partial charge >= 0.3 is 0 Å². The van der Waals surface area contributed by atoms with Crippen molar-refractivity contribution in [2.75, 3.05) is 6.54 Å². The average Bonchev–Trinajstić information content (AvgIpc) is 1.81. The summed E-state index contributed by atoms with van der Waals surface area (Å²) in [7, 11) is -1.07. The zero-order valence-corrected chi connectivity index (χ0v) is 9.49. The van der Waals surface area contributed by atoms with Crippen LogP contribution < -0.4 is 11.3 Å². The molecule has 0 aromatic carbocycles. The van der Waals surface area contributed by atoms with Gasteiger partial charge in [-0.25, -0.2) is 0 Å². The Morgan fingerprint density at radius 2 is 1.73 bits per heavy atom. The van der Waals surface area contributed by atoms with E-state index in [0.717, 1.165) is 6.54 Å². The standard InChI is InChI=1S/C8H22N2Si/c1-8(2,3)11(4,5)7-6-10-9/h10H,6-7,9H2,1-5H3. The molecule has 0 aliphatic rings. The molecule has 0 heterocycles. The first-order valence-corrected chi connectivity index (χ1v) is 7.45. The fraction of sp³-hybridized carbons (Fsp3) is 1.00. The van der Waals surface area contributed by atoms with Gasteiger partial charge in [-0.2, -0.15) is 0 Å². The molecule has 68 valence electrons. The fourth-order valence-corrected chi connectivity index (χ4v) is 2.28. The zero-order valence-electron chi connectivity index (χ0n) is 8.49. The van der Waals surface area contributed by atoms with E-state index < -0.39 is 8.07 Å². The highest BCUT2D eigenvalue weighted by molar-refractivity contribution is 6.80. The minimum absolute atomic E-state index is 0.490. The van der Waals surface area contributed by atoms with Crippen LogP contribution in [-0.2, 0) is 0 Å². The van der Waals surface area contributed by atoms with Crippen LogP contribution in [0.2, 0.25) is 24.2 Å². The molecular formula is C8H22N2Si. The van der Waals surface area contributed by atoms with E-state index in [2.05, 4.69) is 39.3 Å². The first-order valence-electron chi connectivity index (χ1n) is 4.25. The van der Waals surface area contributed by atoms with Gasteiger partial charge in [-0.15, -0.1) is 0 Å². The van der Waals surface area contributed by atoms with Crippen molar-refractivity contribution in [3.8, 4) is 0 Å². The zero-order chi connectivity index (χ0) is 9.12. The normalized spacial score (nSPS) is 13.6. The molecule has 0 bridgehead atoms. The molecule has 0 saturated carbocycles. The molecule has 0 rings (SSSR count). The summed E-state index contributed by atoms with van der Waals surface area (Å²) in [6.45, 7) is 12.8. The van der Waals surface area contributed by atoms with Gasteiger partial charge < -0.3 is 0 Å². The molecular weight excluding hydrogens is 152 g/mol. The van der Waals surface area contributed by atoms with Crippen LogP contribution in [0.3, 0.4) is 0 Å². The predicted molar refractivity (Wildman–Crippen MR) is 54.2 cm³/mol. The molecule has 0 aromatic rings. The van der Waals surface area contributed by atoms with E-state index >= 15 is 0 Å². The summed E-state index contributed by atoms with van der Waals surface area (Å²) in [5.74, 6) is 5.25. The summed E-state index contributed by atoms with van der Waals surface area (Å²) >= 11 is 0. The smallest absolute Gasteiger partial charge is 0.0540 e. The van der Waals surface area contributed by atoms with Gasteiger partial charge in [-0.3, -0.25) is 11.3 Å². The van der Waals surface area contributed by atoms with Crippen LogP contribution >= 0.6 is 0 Å². The Labute approximate surface area is 71.5 Å². The van der Waals surface area contributed by atoms with E-state index in [0.29, 0.717) is 5.04 Å². The molecule has 0 fully saturated rings. The van der Waals surface area contributed by atoms with Crippen molar-refractivity contribution >= 4 is 8.07 Å². The summed E-state index contributed by atoms with van der Waals surface area (Å²) < 4.78 is 0. The van der Waals surface area contributed by atoms with Gasteiger partial charge in [0.2, 0.25) is 0 Å². The molecule has 0 unspecified atom stereocenters. The van der Waals surface area contributed by atoms with E-state index in [-0.39, 0.29) is 0 Å². The number of hydrogen-bond donors (Lipinski definition) is 2. The number of rotatable bonds is 3. The van der Waals surface area contributed by atoms with Crippen molar-refractivity contribution in [1.29, 1.82) is 0 Å². The van der Waals surface area contributed by atoms with Crippen molar-refractivity contribution in [1.82, 2.24) is 5.43 Å². The third-order valence-electron chi connectivity index (χ3n) is 2.92. The van der Waals surface area contributed by atoms with Crippen LogP contribution in [0.1, 0.15) is 20.8 Å². The van der Waals surface area contributed by atoms with Crippen molar-refractivity contribution in [2.45, 2.75) is 44.9 Å². The van der Waals surface area contributed by atoms with Crippen LogP contribution in [0.25, 0.3) is 0 Å². The van der Waals surface area contributed by atoms with Crippen LogP contribution in [-0.4, -0.2) is 14.6 Å². The summed E-state index contributed by atoms with van der Waals surface area (Å²) in [5, 5.41) is 0.490. The van der Waals surface area contributed by atoms with E-state index in [1.807, 2.05) is 0 Å². The Morgan fingerprint density at radius 3 is 2.00 bits per heavy atom. The van der Waals surface area contributed by atoms with Gasteiger partial charge in [0.05, 0.1) is 8.07 Å². The number of hydrazine groups is 1. The maximum absolute atomic E-state index is 5.25. The molecule has 0 spiro atoms. The second kappa shape index (κ2) is 3.69. The molecule has 0 aliphatic carbocycles. The van der Waals surface area contributed by atoms with Crippen LogP contribution in [0.5, 0.6) is 0 Å². The topological polar surface area (TPSA) is 38.0 Å². The van der Waals surface area contributed by atoms with Crippen LogP contribution in [0.4, 0.5) is 0 Å². The molecule has 2 nitrogen and oxygen atoms in total. The minimum atomic E-state index is -1.07. The second-order valence-corrected chi connectivity index (χ2v) is 10.6. The molecule has 0 aromatic heterocycles. The lowest BCUT2D eigenvalue weighted by Gasteiger charge is -2.36. The first-order chi connectivity index (χ1) is 4.81. The Kier molecular flexibility index (Phi) is 3.74. The Morgan fingerprint density at radius 1 is 1.27 bits per heavy atom. The van der Waals surface area contributed by atoms with E-state index in [4.69, 9.17) is 5.84 Å². The molecule has 0 radical (unpaired) electrons. The third kappa shape index (κ3) is 3.36. The van der Waals surface area contributed by atoms with Gasteiger partial charge in [-0.1, -0.05) is 33.9 Å². The van der Waals surface area contributed by atoms with E-state index in [9.17, 15) is 0 Å². The lowest BCUT2D eigenvalue weighted by atomic mass is 10.2. The van der Waals surface area contributed by atoms with Crippen LogP contribution in [0.15, 0.2) is 0 Å². The van der Waals surface area contributed by atoms with Crippen molar-refractivity contribution < 1.29 is 0 Å². The number of hydrogen-bond acceptors (Lipinski definition) is 2. The SMILES string of the molecule is CC(C)(C)[Si](C)(C)CCNN. The summed E-state index contributed by atoms with van der Waals surface area (Å²) in [5.41, 5.74) is 2.73. The lowest BCUT2D eigenvalue weighted by Crippen LogP contribution is -2.40. The highest BCUT2D eigenvalue weighted by atomic mass is 28.3. The number of nitrogens with one attached hydrogen (secondary N) is 1.